The molecule has 0 radical (unpaired) electrons. The quantitative estimate of drug-likeness (QED) is 0.256. The summed E-state index contributed by atoms with van der Waals surface area (Å²) in [5.41, 5.74) is 3.82. The Balaban J connectivity index is 1.72. The molecule has 3 aromatic rings. The molecule has 7 heteroatoms. The Labute approximate surface area is 213 Å². The number of thioether (sulfide) groups is 1. The first-order valence-corrected chi connectivity index (χ1v) is 12.6. The summed E-state index contributed by atoms with van der Waals surface area (Å²) in [5.74, 6) is 0.649. The number of methoxy groups -OCH3 is 1. The highest BCUT2D eigenvalue weighted by Gasteiger charge is 2.22. The van der Waals surface area contributed by atoms with Crippen molar-refractivity contribution in [2.75, 3.05) is 25.2 Å². The molecule has 1 unspecified atom stereocenters. The van der Waals surface area contributed by atoms with Crippen molar-refractivity contribution in [3.63, 3.8) is 0 Å². The molecule has 0 bridgehead atoms. The number of rotatable bonds is 10. The second kappa shape index (κ2) is 12.2. The van der Waals surface area contributed by atoms with E-state index in [9.17, 15) is 4.79 Å². The summed E-state index contributed by atoms with van der Waals surface area (Å²) in [6, 6.07) is 18.6. The van der Waals surface area contributed by atoms with Gasteiger partial charge in [0.1, 0.15) is 23.0 Å². The van der Waals surface area contributed by atoms with Crippen LogP contribution in [0.4, 0.5) is 5.82 Å². The number of esters is 1. The minimum atomic E-state index is -0.485. The van der Waals surface area contributed by atoms with Crippen LogP contribution in [-0.2, 0) is 20.8 Å². The zero-order valence-electron chi connectivity index (χ0n) is 21.4. The lowest BCUT2D eigenvalue weighted by Crippen LogP contribution is -2.28. The number of carbonyl (C=O) groups is 1. The lowest BCUT2D eigenvalue weighted by Gasteiger charge is -2.24. The van der Waals surface area contributed by atoms with Gasteiger partial charge in [0.15, 0.2) is 0 Å². The Morgan fingerprint density at radius 1 is 1.09 bits per heavy atom. The number of nitrogens with zero attached hydrogens (tertiary/aromatic N) is 3. The number of carbonyl (C=O) groups excluding carboxylic acids is 1. The molecule has 0 N–H and O–H groups in total. The number of aryl methyl sites for hydroxylation is 1. The van der Waals surface area contributed by atoms with Gasteiger partial charge in [-0.05, 0) is 58.4 Å². The molecule has 2 aromatic carbocycles. The molecule has 35 heavy (non-hydrogen) atoms. The van der Waals surface area contributed by atoms with Crippen LogP contribution in [0.3, 0.4) is 0 Å². The predicted molar refractivity (Wildman–Crippen MR) is 143 cm³/mol. The molecular weight excluding hydrogens is 458 g/mol. The van der Waals surface area contributed by atoms with E-state index in [4.69, 9.17) is 9.47 Å². The highest BCUT2D eigenvalue weighted by atomic mass is 32.2. The van der Waals surface area contributed by atoms with E-state index in [0.29, 0.717) is 19.7 Å². The summed E-state index contributed by atoms with van der Waals surface area (Å²) < 4.78 is 10.8. The molecule has 0 saturated heterocycles. The van der Waals surface area contributed by atoms with E-state index >= 15 is 0 Å². The van der Waals surface area contributed by atoms with Crippen LogP contribution in [0.1, 0.15) is 38.8 Å². The lowest BCUT2D eigenvalue weighted by atomic mass is 10.1. The van der Waals surface area contributed by atoms with Gasteiger partial charge in [-0.3, -0.25) is 4.79 Å². The SMILES string of the molecule is COCCN(Cc1ccc(SC(C)C(=O)OC(C)(C)C)cc1)c1cc(-c2cccc(C)c2)ncn1. The monoisotopic (exact) mass is 493 g/mol. The Morgan fingerprint density at radius 2 is 1.83 bits per heavy atom. The van der Waals surface area contributed by atoms with Crippen LogP contribution in [0.25, 0.3) is 11.3 Å². The second-order valence-corrected chi connectivity index (χ2v) is 10.9. The van der Waals surface area contributed by atoms with E-state index < -0.39 is 5.60 Å². The van der Waals surface area contributed by atoms with Crippen LogP contribution in [0.15, 0.2) is 65.8 Å². The third-order valence-corrected chi connectivity index (χ3v) is 6.29. The number of aromatic nitrogens is 2. The number of benzene rings is 2. The third-order valence-electron chi connectivity index (χ3n) is 5.20. The maximum absolute atomic E-state index is 12.3. The summed E-state index contributed by atoms with van der Waals surface area (Å²) in [6.07, 6.45) is 1.62. The number of hydrogen-bond acceptors (Lipinski definition) is 7. The van der Waals surface area contributed by atoms with Crippen LogP contribution < -0.4 is 4.90 Å². The van der Waals surface area contributed by atoms with Crippen LogP contribution in [0.5, 0.6) is 0 Å². The lowest BCUT2D eigenvalue weighted by molar-refractivity contribution is -0.153. The summed E-state index contributed by atoms with van der Waals surface area (Å²) in [7, 11) is 1.70. The Kier molecular flexibility index (Phi) is 9.29. The molecule has 0 aliphatic rings. The Bertz CT molecular complexity index is 1110. The molecule has 0 aliphatic carbocycles. The van der Waals surface area contributed by atoms with Gasteiger partial charge in [-0.2, -0.15) is 0 Å². The molecule has 1 atom stereocenters. The van der Waals surface area contributed by atoms with Crippen molar-refractivity contribution in [1.29, 1.82) is 0 Å². The molecule has 3 rings (SSSR count). The predicted octanol–water partition coefficient (Wildman–Crippen LogP) is 5.93. The van der Waals surface area contributed by atoms with E-state index in [2.05, 4.69) is 52.1 Å². The molecule has 0 spiro atoms. The van der Waals surface area contributed by atoms with Gasteiger partial charge in [-0.15, -0.1) is 11.8 Å². The summed E-state index contributed by atoms with van der Waals surface area (Å²) in [5, 5.41) is -0.278. The first-order valence-electron chi connectivity index (χ1n) is 11.8. The van der Waals surface area contributed by atoms with Gasteiger partial charge < -0.3 is 14.4 Å². The van der Waals surface area contributed by atoms with Crippen molar-refractivity contribution in [2.24, 2.45) is 0 Å². The minimum absolute atomic E-state index is 0.203. The van der Waals surface area contributed by atoms with Gasteiger partial charge in [0.2, 0.25) is 0 Å². The van der Waals surface area contributed by atoms with Crippen molar-refractivity contribution in [3.8, 4) is 11.3 Å². The van der Waals surface area contributed by atoms with E-state index in [0.717, 1.165) is 27.5 Å². The molecule has 6 nitrogen and oxygen atoms in total. The molecule has 0 fully saturated rings. The zero-order valence-corrected chi connectivity index (χ0v) is 22.3. The third kappa shape index (κ3) is 8.37. The first-order chi connectivity index (χ1) is 16.6. The van der Waals surface area contributed by atoms with E-state index in [1.165, 1.54) is 17.3 Å². The van der Waals surface area contributed by atoms with Crippen molar-refractivity contribution in [1.82, 2.24) is 9.97 Å². The highest BCUT2D eigenvalue weighted by molar-refractivity contribution is 8.00. The van der Waals surface area contributed by atoms with Gasteiger partial charge in [-0.1, -0.05) is 35.9 Å². The number of anilines is 1. The van der Waals surface area contributed by atoms with E-state index in [1.54, 1.807) is 13.4 Å². The number of ether oxygens (including phenoxy) is 2. The average molecular weight is 494 g/mol. The maximum Gasteiger partial charge on any atom is 0.319 e. The molecule has 186 valence electrons. The van der Waals surface area contributed by atoms with Crippen LogP contribution in [0, 0.1) is 6.92 Å². The summed E-state index contributed by atoms with van der Waals surface area (Å²) in [4.78, 5) is 24.6. The number of hydrogen-bond donors (Lipinski definition) is 0. The minimum Gasteiger partial charge on any atom is -0.459 e. The summed E-state index contributed by atoms with van der Waals surface area (Å²) in [6.45, 7) is 11.6. The molecule has 0 saturated carbocycles. The molecule has 0 amide bonds. The normalized spacial score (nSPS) is 12.3. The Hall–Kier alpha value is -2.90. The van der Waals surface area contributed by atoms with Gasteiger partial charge in [-0.25, -0.2) is 9.97 Å². The van der Waals surface area contributed by atoms with Crippen molar-refractivity contribution >= 4 is 23.5 Å². The average Bonchev–Trinajstić information content (AvgIpc) is 2.82. The Morgan fingerprint density at radius 3 is 2.49 bits per heavy atom. The van der Waals surface area contributed by atoms with Crippen LogP contribution >= 0.6 is 11.8 Å². The largest absolute Gasteiger partial charge is 0.459 e. The molecular formula is C28H35N3O3S. The van der Waals surface area contributed by atoms with Gasteiger partial charge in [0, 0.05) is 36.7 Å². The fourth-order valence-corrected chi connectivity index (χ4v) is 4.33. The summed E-state index contributed by atoms with van der Waals surface area (Å²) >= 11 is 1.50. The molecule has 0 aliphatic heterocycles. The standard InChI is InChI=1S/C28H35N3O3S/c1-20-8-7-9-23(16-20)25-17-26(30-19-29-25)31(14-15-33-6)18-22-10-12-24(13-11-22)35-21(2)27(32)34-28(3,4)5/h7-13,16-17,19,21H,14-15,18H2,1-6H3. The molecule has 1 aromatic heterocycles. The fraction of sp³-hybridized carbons (Fsp3) is 0.393. The molecule has 1 heterocycles. The van der Waals surface area contributed by atoms with Crippen molar-refractivity contribution in [2.45, 2.75) is 56.9 Å². The first kappa shape index (κ1) is 26.7. The van der Waals surface area contributed by atoms with E-state index in [1.807, 2.05) is 52.0 Å². The van der Waals surface area contributed by atoms with Crippen molar-refractivity contribution in [3.05, 3.63) is 72.1 Å². The van der Waals surface area contributed by atoms with Crippen molar-refractivity contribution < 1.29 is 14.3 Å². The topological polar surface area (TPSA) is 64.5 Å². The van der Waals surface area contributed by atoms with E-state index in [-0.39, 0.29) is 11.2 Å². The highest BCUT2D eigenvalue weighted by Crippen LogP contribution is 2.27. The van der Waals surface area contributed by atoms with Gasteiger partial charge in [0.25, 0.3) is 0 Å². The zero-order chi connectivity index (χ0) is 25.4. The van der Waals surface area contributed by atoms with Crippen LogP contribution in [0.2, 0.25) is 0 Å². The van der Waals surface area contributed by atoms with Crippen LogP contribution in [-0.4, -0.2) is 47.0 Å². The maximum atomic E-state index is 12.3. The second-order valence-electron chi connectivity index (χ2n) is 9.48. The van der Waals surface area contributed by atoms with Gasteiger partial charge >= 0.3 is 5.97 Å². The fourth-order valence-electron chi connectivity index (χ4n) is 3.49. The van der Waals surface area contributed by atoms with Gasteiger partial charge in [0.05, 0.1) is 12.3 Å². The smallest absolute Gasteiger partial charge is 0.319 e.